The number of piperidine rings is 1. The number of halogens is 1. The van der Waals surface area contributed by atoms with Crippen molar-refractivity contribution in [2.24, 2.45) is 10.9 Å². The van der Waals surface area contributed by atoms with Crippen LogP contribution < -0.4 is 10.6 Å². The second-order valence-electron chi connectivity index (χ2n) is 8.11. The standard InChI is InChI=1S/C21H35N5O2S.HI/c1-22-21(23-16-18-10-14-26(15-11-18)29(2,27)28)24-17-20(25-12-6-7-13-25)19-8-4-3-5-9-19;/h3-5,8-9,18,20H,6-7,10-17H2,1-2H3,(H2,22,23,24);1H. The van der Waals surface area contributed by atoms with Crippen LogP contribution in [0.15, 0.2) is 35.3 Å². The molecule has 0 aromatic heterocycles. The van der Waals surface area contributed by atoms with Crippen molar-refractivity contribution < 1.29 is 8.42 Å². The third-order valence-electron chi connectivity index (χ3n) is 6.05. The van der Waals surface area contributed by atoms with Gasteiger partial charge in [-0.05, 0) is 50.3 Å². The average molecular weight is 550 g/mol. The SMILES string of the molecule is CN=C(NCC1CCN(S(C)(=O)=O)CC1)NCC(c1ccccc1)N1CCCC1.I. The highest BCUT2D eigenvalue weighted by Gasteiger charge is 2.26. The van der Waals surface area contributed by atoms with Crippen LogP contribution in [0.5, 0.6) is 0 Å². The van der Waals surface area contributed by atoms with Gasteiger partial charge in [-0.3, -0.25) is 9.89 Å². The van der Waals surface area contributed by atoms with Crippen molar-refractivity contribution in [2.45, 2.75) is 31.7 Å². The molecule has 1 atom stereocenters. The average Bonchev–Trinajstić information content (AvgIpc) is 3.25. The van der Waals surface area contributed by atoms with E-state index in [0.717, 1.165) is 45.0 Å². The van der Waals surface area contributed by atoms with Gasteiger partial charge in [0, 0.05) is 33.2 Å². The van der Waals surface area contributed by atoms with Gasteiger partial charge in [-0.1, -0.05) is 30.3 Å². The zero-order valence-electron chi connectivity index (χ0n) is 18.1. The van der Waals surface area contributed by atoms with E-state index >= 15 is 0 Å². The Kier molecular flexibility index (Phi) is 10.3. The van der Waals surface area contributed by atoms with Gasteiger partial charge in [0.05, 0.1) is 12.3 Å². The molecule has 3 rings (SSSR count). The summed E-state index contributed by atoms with van der Waals surface area (Å²) in [6, 6.07) is 11.0. The molecular weight excluding hydrogens is 513 g/mol. The van der Waals surface area contributed by atoms with Gasteiger partial charge < -0.3 is 10.6 Å². The molecule has 1 aromatic rings. The van der Waals surface area contributed by atoms with Crippen LogP contribution in [0.25, 0.3) is 0 Å². The molecule has 30 heavy (non-hydrogen) atoms. The maximum absolute atomic E-state index is 11.7. The van der Waals surface area contributed by atoms with E-state index in [4.69, 9.17) is 0 Å². The van der Waals surface area contributed by atoms with Crippen molar-refractivity contribution in [1.29, 1.82) is 0 Å². The number of rotatable bonds is 7. The molecule has 170 valence electrons. The smallest absolute Gasteiger partial charge is 0.211 e. The van der Waals surface area contributed by atoms with Crippen LogP contribution in [-0.2, 0) is 10.0 Å². The fraction of sp³-hybridized carbons (Fsp3) is 0.667. The van der Waals surface area contributed by atoms with Gasteiger partial charge in [0.2, 0.25) is 10.0 Å². The lowest BCUT2D eigenvalue weighted by atomic mass is 9.98. The Morgan fingerprint density at radius 1 is 1.10 bits per heavy atom. The van der Waals surface area contributed by atoms with Crippen molar-refractivity contribution in [2.75, 3.05) is 52.6 Å². The highest BCUT2D eigenvalue weighted by Crippen LogP contribution is 2.24. The summed E-state index contributed by atoms with van der Waals surface area (Å²) in [5, 5.41) is 6.95. The van der Waals surface area contributed by atoms with E-state index in [0.29, 0.717) is 25.0 Å². The number of hydrogen-bond acceptors (Lipinski definition) is 4. The van der Waals surface area contributed by atoms with Crippen molar-refractivity contribution in [1.82, 2.24) is 19.8 Å². The summed E-state index contributed by atoms with van der Waals surface area (Å²) in [6.45, 7) is 5.15. The Morgan fingerprint density at radius 2 is 1.73 bits per heavy atom. The zero-order chi connectivity index (χ0) is 20.7. The molecule has 0 spiro atoms. The third kappa shape index (κ3) is 7.35. The molecule has 0 aliphatic carbocycles. The number of benzene rings is 1. The molecule has 9 heteroatoms. The first-order valence-corrected chi connectivity index (χ1v) is 12.5. The summed E-state index contributed by atoms with van der Waals surface area (Å²) < 4.78 is 24.9. The van der Waals surface area contributed by atoms with Crippen LogP contribution in [0.1, 0.15) is 37.3 Å². The molecule has 1 unspecified atom stereocenters. The molecule has 2 heterocycles. The van der Waals surface area contributed by atoms with Crippen molar-refractivity contribution in [3.05, 3.63) is 35.9 Å². The lowest BCUT2D eigenvalue weighted by Crippen LogP contribution is -2.46. The molecule has 1 aromatic carbocycles. The van der Waals surface area contributed by atoms with Crippen molar-refractivity contribution in [3.63, 3.8) is 0 Å². The number of nitrogens with one attached hydrogen (secondary N) is 2. The number of aliphatic imine (C=N–C) groups is 1. The minimum atomic E-state index is -3.07. The molecule has 0 bridgehead atoms. The monoisotopic (exact) mass is 549 g/mol. The van der Waals surface area contributed by atoms with E-state index in [1.807, 2.05) is 0 Å². The van der Waals surface area contributed by atoms with E-state index in [9.17, 15) is 8.42 Å². The number of likely N-dealkylation sites (tertiary alicyclic amines) is 1. The Bertz CT molecular complexity index is 761. The van der Waals surface area contributed by atoms with Crippen LogP contribution in [0.3, 0.4) is 0 Å². The fourth-order valence-corrected chi connectivity index (χ4v) is 5.16. The molecule has 7 nitrogen and oxygen atoms in total. The van der Waals surface area contributed by atoms with E-state index < -0.39 is 10.0 Å². The maximum Gasteiger partial charge on any atom is 0.211 e. The maximum atomic E-state index is 11.7. The van der Waals surface area contributed by atoms with Crippen molar-refractivity contribution in [3.8, 4) is 0 Å². The Morgan fingerprint density at radius 3 is 2.30 bits per heavy atom. The van der Waals surface area contributed by atoms with Crippen LogP contribution in [0.4, 0.5) is 0 Å². The summed E-state index contributed by atoms with van der Waals surface area (Å²) in [5.41, 5.74) is 1.34. The molecule has 2 fully saturated rings. The number of sulfonamides is 1. The Hall–Kier alpha value is -0.910. The van der Waals surface area contributed by atoms with Gasteiger partial charge in [0.25, 0.3) is 0 Å². The van der Waals surface area contributed by atoms with Gasteiger partial charge in [0.1, 0.15) is 0 Å². The Labute approximate surface area is 198 Å². The predicted octanol–water partition coefficient (Wildman–Crippen LogP) is 2.28. The summed E-state index contributed by atoms with van der Waals surface area (Å²) >= 11 is 0. The first-order chi connectivity index (χ1) is 14.0. The molecule has 0 amide bonds. The van der Waals surface area contributed by atoms with Gasteiger partial charge in [-0.2, -0.15) is 0 Å². The lowest BCUT2D eigenvalue weighted by Gasteiger charge is -2.31. The minimum absolute atomic E-state index is 0. The summed E-state index contributed by atoms with van der Waals surface area (Å²) in [5.74, 6) is 1.28. The number of hydrogen-bond donors (Lipinski definition) is 2. The highest BCUT2D eigenvalue weighted by atomic mass is 127. The molecule has 2 saturated heterocycles. The van der Waals surface area contributed by atoms with Gasteiger partial charge in [-0.25, -0.2) is 12.7 Å². The highest BCUT2D eigenvalue weighted by molar-refractivity contribution is 14.0. The molecule has 0 saturated carbocycles. The first kappa shape index (κ1) is 25.4. The summed E-state index contributed by atoms with van der Waals surface area (Å²) in [4.78, 5) is 6.94. The first-order valence-electron chi connectivity index (χ1n) is 10.7. The van der Waals surface area contributed by atoms with Crippen LogP contribution in [-0.4, -0.2) is 76.2 Å². The topological polar surface area (TPSA) is 77.0 Å². The second-order valence-corrected chi connectivity index (χ2v) is 10.1. The fourth-order valence-electron chi connectivity index (χ4n) is 4.29. The minimum Gasteiger partial charge on any atom is -0.356 e. The molecular formula is C21H36IN5O2S. The quantitative estimate of drug-likeness (QED) is 0.310. The molecule has 0 radical (unpaired) electrons. The van der Waals surface area contributed by atoms with E-state index in [1.165, 1.54) is 24.7 Å². The van der Waals surface area contributed by atoms with E-state index in [-0.39, 0.29) is 24.0 Å². The third-order valence-corrected chi connectivity index (χ3v) is 7.36. The Balaban J connectivity index is 0.00000320. The van der Waals surface area contributed by atoms with Gasteiger partial charge in [0.15, 0.2) is 5.96 Å². The van der Waals surface area contributed by atoms with E-state index in [2.05, 4.69) is 50.9 Å². The second kappa shape index (κ2) is 12.2. The largest absolute Gasteiger partial charge is 0.356 e. The van der Waals surface area contributed by atoms with E-state index in [1.54, 1.807) is 11.4 Å². The van der Waals surface area contributed by atoms with Crippen LogP contribution in [0, 0.1) is 5.92 Å². The van der Waals surface area contributed by atoms with Crippen LogP contribution >= 0.6 is 24.0 Å². The summed E-state index contributed by atoms with van der Waals surface area (Å²) in [6.07, 6.45) is 5.60. The zero-order valence-corrected chi connectivity index (χ0v) is 21.2. The predicted molar refractivity (Wildman–Crippen MR) is 134 cm³/mol. The number of guanidine groups is 1. The lowest BCUT2D eigenvalue weighted by molar-refractivity contribution is 0.245. The van der Waals surface area contributed by atoms with Crippen molar-refractivity contribution >= 4 is 40.0 Å². The normalized spacial score (nSPS) is 20.5. The summed E-state index contributed by atoms with van der Waals surface area (Å²) in [7, 11) is -1.27. The molecule has 2 aliphatic rings. The molecule has 2 N–H and O–H groups in total. The number of nitrogens with zero attached hydrogens (tertiary/aromatic N) is 3. The van der Waals surface area contributed by atoms with Gasteiger partial charge >= 0.3 is 0 Å². The molecule has 2 aliphatic heterocycles. The van der Waals surface area contributed by atoms with Gasteiger partial charge in [-0.15, -0.1) is 24.0 Å². The van der Waals surface area contributed by atoms with Crippen LogP contribution in [0.2, 0.25) is 0 Å².